The SMILES string of the molecule is CC(C)=CC(=O)OCC1=C[C@H]2C(=O)O[C@H]3C[C@H](C/C=C(\C)C[C@@H](C)/C=C/C=C4\CO[C@H]([C@@H]1O)[C@@]42O)O[C@@]1(CC[C@H](C)[C@@H](C(C)C)O1)C3. The zero-order chi connectivity index (χ0) is 34.1. The molecule has 0 saturated carbocycles. The largest absolute Gasteiger partial charge is 0.462 e. The van der Waals surface area contributed by atoms with Gasteiger partial charge in [-0.3, -0.25) is 4.79 Å². The Labute approximate surface area is 279 Å². The van der Waals surface area contributed by atoms with E-state index in [1.807, 2.05) is 6.08 Å². The third-order valence-electron chi connectivity index (χ3n) is 10.3. The van der Waals surface area contributed by atoms with Crippen molar-refractivity contribution in [2.45, 2.75) is 129 Å². The monoisotopic (exact) mass is 654 g/mol. The molecule has 0 aromatic rings. The van der Waals surface area contributed by atoms with Crippen molar-refractivity contribution in [3.63, 3.8) is 0 Å². The number of aliphatic hydroxyl groups is 2. The van der Waals surface area contributed by atoms with Crippen LogP contribution in [0.4, 0.5) is 0 Å². The fraction of sp³-hybridized carbons (Fsp3) is 0.684. The highest BCUT2D eigenvalue weighted by molar-refractivity contribution is 5.83. The second kappa shape index (κ2) is 14.5. The number of aliphatic hydroxyl groups excluding tert-OH is 1. The van der Waals surface area contributed by atoms with Gasteiger partial charge in [-0.25, -0.2) is 4.79 Å². The van der Waals surface area contributed by atoms with E-state index in [0.717, 1.165) is 18.4 Å². The molecule has 10 atom stereocenters. The molecule has 1 spiro atoms. The Kier molecular flexibility index (Phi) is 11.0. The van der Waals surface area contributed by atoms with Crippen LogP contribution < -0.4 is 0 Å². The molecule has 5 aliphatic rings. The molecule has 0 aromatic heterocycles. The predicted octanol–water partition coefficient (Wildman–Crippen LogP) is 5.66. The number of hydrogen-bond donors (Lipinski definition) is 2. The highest BCUT2D eigenvalue weighted by Gasteiger charge is 2.60. The number of fused-ring (bicyclic) bond motifs is 2. The number of rotatable bonds is 4. The van der Waals surface area contributed by atoms with Crippen molar-refractivity contribution in [3.05, 3.63) is 58.7 Å². The van der Waals surface area contributed by atoms with Crippen molar-refractivity contribution in [1.82, 2.24) is 0 Å². The minimum absolute atomic E-state index is 0.0193. The van der Waals surface area contributed by atoms with Crippen molar-refractivity contribution >= 4 is 11.9 Å². The summed E-state index contributed by atoms with van der Waals surface area (Å²) in [7, 11) is 0. The van der Waals surface area contributed by atoms with Crippen molar-refractivity contribution < 1.29 is 43.5 Å². The Hall–Kier alpha value is -2.56. The minimum Gasteiger partial charge on any atom is -0.462 e. The van der Waals surface area contributed by atoms with E-state index in [0.29, 0.717) is 43.1 Å². The summed E-state index contributed by atoms with van der Waals surface area (Å²) in [5, 5.41) is 23.7. The van der Waals surface area contributed by atoms with E-state index >= 15 is 0 Å². The summed E-state index contributed by atoms with van der Waals surface area (Å²) in [6.45, 7) is 14.1. The van der Waals surface area contributed by atoms with E-state index in [1.54, 1.807) is 19.9 Å². The lowest BCUT2D eigenvalue weighted by molar-refractivity contribution is -0.340. The van der Waals surface area contributed by atoms with E-state index in [9.17, 15) is 19.8 Å². The van der Waals surface area contributed by atoms with E-state index in [2.05, 4.69) is 46.8 Å². The molecule has 4 aliphatic heterocycles. The van der Waals surface area contributed by atoms with Crippen LogP contribution in [0.2, 0.25) is 0 Å². The molecule has 0 aromatic carbocycles. The standard InChI is InChI=1S/C38H54O9/c1-22(2)15-32(39)43-20-27-17-31-36(41)45-30-18-29(46-37(19-30)14-13-26(7)34(47-37)23(3)4)12-11-25(6)16-24(5)9-8-10-28-21-44-35(33(27)40)38(28,31)42/h8-11,15,17,23-24,26,29-31,33-35,40,42H,12-14,16,18-21H2,1-7H3/b9-8+,25-11+,28-10+/t24-,26-,29-,30-,31-,33+,34+,35+,37+,38+/m0/s1. The predicted molar refractivity (Wildman–Crippen MR) is 177 cm³/mol. The fourth-order valence-electron chi connectivity index (χ4n) is 7.96. The summed E-state index contributed by atoms with van der Waals surface area (Å²) in [6.07, 6.45) is 11.7. The molecule has 9 heteroatoms. The molecule has 2 bridgehead atoms. The van der Waals surface area contributed by atoms with Gasteiger partial charge in [0.05, 0.1) is 18.8 Å². The average molecular weight is 655 g/mol. The minimum atomic E-state index is -1.86. The van der Waals surface area contributed by atoms with Crippen LogP contribution in [0.3, 0.4) is 0 Å². The summed E-state index contributed by atoms with van der Waals surface area (Å²) in [5.41, 5.74) is 0.927. The Morgan fingerprint density at radius 1 is 1.19 bits per heavy atom. The molecule has 9 nitrogen and oxygen atoms in total. The first-order valence-corrected chi connectivity index (χ1v) is 17.3. The molecule has 0 amide bonds. The molecule has 3 fully saturated rings. The Balaban J connectivity index is 1.52. The molecule has 5 rings (SSSR count). The normalized spacial score (nSPS) is 42.3. The van der Waals surface area contributed by atoms with Gasteiger partial charge in [0, 0.05) is 25.3 Å². The molecule has 4 heterocycles. The first-order chi connectivity index (χ1) is 22.2. The lowest BCUT2D eigenvalue weighted by Gasteiger charge is -2.50. The second-order valence-electron chi connectivity index (χ2n) is 15.1. The topological polar surface area (TPSA) is 121 Å². The molecule has 0 radical (unpaired) electrons. The van der Waals surface area contributed by atoms with Gasteiger partial charge < -0.3 is 33.9 Å². The van der Waals surface area contributed by atoms with Gasteiger partial charge in [-0.1, -0.05) is 69.2 Å². The maximum absolute atomic E-state index is 14.3. The fourth-order valence-corrected chi connectivity index (χ4v) is 7.96. The van der Waals surface area contributed by atoms with Crippen LogP contribution in [0.5, 0.6) is 0 Å². The summed E-state index contributed by atoms with van der Waals surface area (Å²) in [5.74, 6) is -2.35. The molecule has 47 heavy (non-hydrogen) atoms. The van der Waals surface area contributed by atoms with E-state index in [4.69, 9.17) is 23.7 Å². The van der Waals surface area contributed by atoms with Gasteiger partial charge >= 0.3 is 11.9 Å². The maximum Gasteiger partial charge on any atom is 0.331 e. The Morgan fingerprint density at radius 2 is 1.96 bits per heavy atom. The van der Waals surface area contributed by atoms with Gasteiger partial charge in [0.1, 0.15) is 36.4 Å². The summed E-state index contributed by atoms with van der Waals surface area (Å²) < 4.78 is 31.3. The third-order valence-corrected chi connectivity index (χ3v) is 10.3. The van der Waals surface area contributed by atoms with Gasteiger partial charge in [-0.05, 0) is 68.9 Å². The van der Waals surface area contributed by atoms with E-state index in [-0.39, 0.29) is 36.9 Å². The quantitative estimate of drug-likeness (QED) is 0.225. The zero-order valence-corrected chi connectivity index (χ0v) is 29.1. The third kappa shape index (κ3) is 7.86. The first-order valence-electron chi connectivity index (χ1n) is 17.3. The molecule has 2 N–H and O–H groups in total. The maximum atomic E-state index is 14.3. The van der Waals surface area contributed by atoms with Gasteiger partial charge in [0.25, 0.3) is 0 Å². The highest BCUT2D eigenvalue weighted by atomic mass is 16.7. The Morgan fingerprint density at radius 3 is 2.68 bits per heavy atom. The van der Waals surface area contributed by atoms with Crippen LogP contribution in [0.1, 0.15) is 87.0 Å². The van der Waals surface area contributed by atoms with E-state index in [1.165, 1.54) is 17.7 Å². The van der Waals surface area contributed by atoms with Crippen LogP contribution in [0.25, 0.3) is 0 Å². The number of esters is 2. The summed E-state index contributed by atoms with van der Waals surface area (Å²) >= 11 is 0. The first kappa shape index (κ1) is 35.7. The number of hydrogen-bond acceptors (Lipinski definition) is 9. The summed E-state index contributed by atoms with van der Waals surface area (Å²) in [4.78, 5) is 26.6. The van der Waals surface area contributed by atoms with Crippen LogP contribution in [0.15, 0.2) is 58.7 Å². The highest BCUT2D eigenvalue weighted by Crippen LogP contribution is 2.47. The molecule has 0 unspecified atom stereocenters. The zero-order valence-electron chi connectivity index (χ0n) is 29.1. The van der Waals surface area contributed by atoms with Crippen molar-refractivity contribution in [1.29, 1.82) is 0 Å². The number of carbonyl (C=O) groups is 2. The number of ether oxygens (including phenoxy) is 5. The number of carbonyl (C=O) groups excluding carboxylic acids is 2. The van der Waals surface area contributed by atoms with Gasteiger partial charge in [-0.15, -0.1) is 0 Å². The molecular formula is C38H54O9. The van der Waals surface area contributed by atoms with Gasteiger partial charge in [-0.2, -0.15) is 0 Å². The van der Waals surface area contributed by atoms with Crippen LogP contribution in [0, 0.1) is 23.7 Å². The summed E-state index contributed by atoms with van der Waals surface area (Å²) in [6, 6.07) is 0. The molecule has 260 valence electrons. The van der Waals surface area contributed by atoms with Crippen molar-refractivity contribution in [2.75, 3.05) is 13.2 Å². The van der Waals surface area contributed by atoms with Crippen LogP contribution in [-0.4, -0.2) is 77.3 Å². The lowest BCUT2D eigenvalue weighted by atomic mass is 9.70. The van der Waals surface area contributed by atoms with Crippen molar-refractivity contribution in [3.8, 4) is 0 Å². The molecule has 1 aliphatic carbocycles. The molecule has 3 saturated heterocycles. The van der Waals surface area contributed by atoms with Crippen LogP contribution >= 0.6 is 0 Å². The average Bonchev–Trinajstić information content (AvgIpc) is 3.33. The second-order valence-corrected chi connectivity index (χ2v) is 15.1. The van der Waals surface area contributed by atoms with Crippen molar-refractivity contribution in [2.24, 2.45) is 23.7 Å². The lowest BCUT2D eigenvalue weighted by Crippen LogP contribution is -2.59. The van der Waals surface area contributed by atoms with E-state index < -0.39 is 47.6 Å². The smallest absolute Gasteiger partial charge is 0.331 e. The van der Waals surface area contributed by atoms with Gasteiger partial charge in [0.2, 0.25) is 0 Å². The number of allylic oxidation sites excluding steroid dienone is 5. The van der Waals surface area contributed by atoms with Gasteiger partial charge in [0.15, 0.2) is 5.79 Å². The van der Waals surface area contributed by atoms with Crippen LogP contribution in [-0.2, 0) is 33.3 Å². The Bertz CT molecular complexity index is 1340. The molecular weight excluding hydrogens is 600 g/mol.